The third kappa shape index (κ3) is 6.00. The summed E-state index contributed by atoms with van der Waals surface area (Å²) >= 11 is 19.0. The fourth-order valence-electron chi connectivity index (χ4n) is 5.25. The van der Waals surface area contributed by atoms with Crippen LogP contribution in [0.2, 0.25) is 15.1 Å². The van der Waals surface area contributed by atoms with Gasteiger partial charge in [0.15, 0.2) is 0 Å². The molecule has 2 aromatic rings. The van der Waals surface area contributed by atoms with Crippen LogP contribution >= 0.6 is 34.8 Å². The van der Waals surface area contributed by atoms with Gasteiger partial charge in [0.2, 0.25) is 5.91 Å². The average molecular weight is 525 g/mol. The summed E-state index contributed by atoms with van der Waals surface area (Å²) in [6.45, 7) is 5.17. The molecule has 2 saturated heterocycles. The second-order valence-electron chi connectivity index (χ2n) is 9.38. The van der Waals surface area contributed by atoms with E-state index in [2.05, 4.69) is 29.3 Å². The molecule has 0 radical (unpaired) electrons. The zero-order valence-electron chi connectivity index (χ0n) is 19.4. The van der Waals surface area contributed by atoms with Crippen molar-refractivity contribution >= 4 is 46.4 Å². The Labute approximate surface area is 217 Å². The van der Waals surface area contributed by atoms with Crippen molar-refractivity contribution in [3.8, 4) is 0 Å². The first-order chi connectivity index (χ1) is 16.4. The maximum Gasteiger partial charge on any atom is 0.248 e. The van der Waals surface area contributed by atoms with Crippen LogP contribution in [0.1, 0.15) is 55.7 Å². The molecule has 2 aromatic carbocycles. The second kappa shape index (κ2) is 11.5. The van der Waals surface area contributed by atoms with Crippen molar-refractivity contribution < 1.29 is 9.90 Å². The number of nitrogens with zero attached hydrogens (tertiary/aromatic N) is 2. The lowest BCUT2D eigenvalue weighted by molar-refractivity contribution is -0.136. The van der Waals surface area contributed by atoms with Gasteiger partial charge in [0.05, 0.1) is 16.8 Å². The van der Waals surface area contributed by atoms with Crippen molar-refractivity contribution in [1.82, 2.24) is 9.80 Å². The molecule has 0 saturated carbocycles. The highest BCUT2D eigenvalue weighted by Gasteiger charge is 2.30. The van der Waals surface area contributed by atoms with E-state index in [1.165, 1.54) is 5.56 Å². The van der Waals surface area contributed by atoms with Crippen LogP contribution in [0.3, 0.4) is 0 Å². The van der Waals surface area contributed by atoms with Crippen LogP contribution in [-0.4, -0.2) is 59.6 Å². The summed E-state index contributed by atoms with van der Waals surface area (Å²) < 4.78 is 0. The van der Waals surface area contributed by atoms with Crippen molar-refractivity contribution in [1.29, 1.82) is 0 Å². The third-order valence-electron chi connectivity index (χ3n) is 7.19. The number of rotatable bonds is 6. The number of piperidine rings is 2. The molecule has 8 heteroatoms. The molecule has 34 heavy (non-hydrogen) atoms. The molecule has 2 fully saturated rings. The van der Waals surface area contributed by atoms with Gasteiger partial charge < -0.3 is 15.3 Å². The molecule has 2 heterocycles. The number of hydrogen-bond acceptors (Lipinski definition) is 4. The van der Waals surface area contributed by atoms with Crippen LogP contribution in [0.25, 0.3) is 0 Å². The molecule has 2 aliphatic rings. The van der Waals surface area contributed by atoms with E-state index in [-0.39, 0.29) is 11.9 Å². The molecular weight excluding hydrogens is 493 g/mol. The lowest BCUT2D eigenvalue weighted by Gasteiger charge is -2.42. The fourth-order valence-corrected chi connectivity index (χ4v) is 5.99. The molecule has 0 aromatic heterocycles. The van der Waals surface area contributed by atoms with Crippen LogP contribution in [0.15, 0.2) is 36.4 Å². The van der Waals surface area contributed by atoms with Gasteiger partial charge >= 0.3 is 0 Å². The van der Waals surface area contributed by atoms with Gasteiger partial charge in [-0.05, 0) is 87.0 Å². The Kier molecular flexibility index (Phi) is 8.65. The van der Waals surface area contributed by atoms with E-state index in [1.54, 1.807) is 6.07 Å². The van der Waals surface area contributed by atoms with Gasteiger partial charge in [0, 0.05) is 29.2 Å². The van der Waals surface area contributed by atoms with Crippen molar-refractivity contribution in [2.45, 2.75) is 50.6 Å². The Balaban J connectivity index is 1.38. The molecule has 2 unspecified atom stereocenters. The Morgan fingerprint density at radius 1 is 1.06 bits per heavy atom. The summed E-state index contributed by atoms with van der Waals surface area (Å²) in [5, 5.41) is 14.7. The number of benzene rings is 2. The summed E-state index contributed by atoms with van der Waals surface area (Å²) in [6, 6.07) is 12.2. The van der Waals surface area contributed by atoms with Crippen LogP contribution < -0.4 is 5.32 Å². The molecule has 2 N–H and O–H groups in total. The lowest BCUT2D eigenvalue weighted by atomic mass is 9.88. The van der Waals surface area contributed by atoms with Crippen LogP contribution in [-0.2, 0) is 4.79 Å². The Hall–Kier alpha value is -1.50. The largest absolute Gasteiger partial charge is 0.387 e. The van der Waals surface area contributed by atoms with Gasteiger partial charge in [-0.25, -0.2) is 0 Å². The number of amides is 1. The minimum atomic E-state index is -0.398. The third-order valence-corrected chi connectivity index (χ3v) is 8.09. The van der Waals surface area contributed by atoms with E-state index < -0.39 is 6.61 Å². The van der Waals surface area contributed by atoms with Crippen molar-refractivity contribution in [2.24, 2.45) is 0 Å². The maximum atomic E-state index is 11.9. The predicted molar refractivity (Wildman–Crippen MR) is 140 cm³/mol. The topological polar surface area (TPSA) is 55.8 Å². The van der Waals surface area contributed by atoms with Gasteiger partial charge in [-0.2, -0.15) is 0 Å². The summed E-state index contributed by atoms with van der Waals surface area (Å²) in [4.78, 5) is 16.3. The maximum absolute atomic E-state index is 11.9. The fraction of sp³-hybridized carbons (Fsp3) is 0.500. The number of likely N-dealkylation sites (tertiary alicyclic amines) is 2. The molecule has 184 valence electrons. The van der Waals surface area contributed by atoms with Crippen molar-refractivity contribution in [3.05, 3.63) is 62.6 Å². The number of carbonyl (C=O) groups excluding carboxylic acids is 1. The number of carbonyl (C=O) groups is 1. The molecule has 0 spiro atoms. The molecule has 5 nitrogen and oxygen atoms in total. The number of hydrogen-bond donors (Lipinski definition) is 2. The molecular formula is C26H32Cl3N3O2. The Morgan fingerprint density at radius 2 is 1.82 bits per heavy atom. The van der Waals surface area contributed by atoms with Crippen LogP contribution in [0, 0.1) is 0 Å². The lowest BCUT2D eigenvalue weighted by Crippen LogP contribution is -2.52. The van der Waals surface area contributed by atoms with Crippen molar-refractivity contribution in [3.63, 3.8) is 0 Å². The number of anilines is 1. The molecule has 1 amide bonds. The van der Waals surface area contributed by atoms with E-state index >= 15 is 0 Å². The highest BCUT2D eigenvalue weighted by Crippen LogP contribution is 2.36. The predicted octanol–water partition coefficient (Wildman–Crippen LogP) is 5.98. The minimum absolute atomic E-state index is 0.0183. The first kappa shape index (κ1) is 25.6. The highest BCUT2D eigenvalue weighted by molar-refractivity contribution is 6.35. The number of nitrogens with one attached hydrogen (secondary N) is 1. The van der Waals surface area contributed by atoms with Gasteiger partial charge in [-0.1, -0.05) is 46.9 Å². The summed E-state index contributed by atoms with van der Waals surface area (Å²) in [6.07, 6.45) is 4.26. The summed E-state index contributed by atoms with van der Waals surface area (Å²) in [5.74, 6) is 0.317. The van der Waals surface area contributed by atoms with E-state index in [0.29, 0.717) is 27.0 Å². The average Bonchev–Trinajstić information content (AvgIpc) is 2.85. The first-order valence-electron chi connectivity index (χ1n) is 12.0. The number of aliphatic hydroxyl groups is 1. The van der Waals surface area contributed by atoms with Crippen LogP contribution in [0.4, 0.5) is 5.69 Å². The van der Waals surface area contributed by atoms with Gasteiger partial charge in [0.1, 0.15) is 6.61 Å². The molecule has 0 bridgehead atoms. The van der Waals surface area contributed by atoms with E-state index in [9.17, 15) is 9.90 Å². The number of aliphatic hydroxyl groups excluding tert-OH is 1. The molecule has 2 aliphatic heterocycles. The minimum Gasteiger partial charge on any atom is -0.387 e. The summed E-state index contributed by atoms with van der Waals surface area (Å²) in [7, 11) is 0. The molecule has 0 aliphatic carbocycles. The SMILES string of the molecule is CC(Nc1cc(C2CCN(C3CCCN(C(=O)CO)C3)CC2)ccc1Cl)c1ccc(Cl)cc1Cl. The molecule has 4 rings (SSSR count). The van der Waals surface area contributed by atoms with E-state index in [4.69, 9.17) is 34.8 Å². The Morgan fingerprint density at radius 3 is 2.53 bits per heavy atom. The van der Waals surface area contributed by atoms with E-state index in [1.807, 2.05) is 23.1 Å². The molecule has 2 atom stereocenters. The van der Waals surface area contributed by atoms with E-state index in [0.717, 1.165) is 63.1 Å². The standard InChI is InChI=1S/C26H32Cl3N3O2/c1-17(22-6-5-20(27)14-24(22)29)30-25-13-19(4-7-23(25)28)18-8-11-31(12-9-18)21-3-2-10-32(15-21)26(34)16-33/h4-7,13-14,17-18,21,30,33H,2-3,8-12,15-16H2,1H3. The van der Waals surface area contributed by atoms with Gasteiger partial charge in [0.25, 0.3) is 0 Å². The number of halogens is 3. The zero-order valence-corrected chi connectivity index (χ0v) is 21.7. The monoisotopic (exact) mass is 523 g/mol. The van der Waals surface area contributed by atoms with Gasteiger partial charge in [-0.3, -0.25) is 9.69 Å². The zero-order chi connectivity index (χ0) is 24.2. The van der Waals surface area contributed by atoms with Crippen LogP contribution in [0.5, 0.6) is 0 Å². The Bertz CT molecular complexity index is 1010. The summed E-state index contributed by atoms with van der Waals surface area (Å²) in [5.41, 5.74) is 3.18. The quantitative estimate of drug-likeness (QED) is 0.488. The second-order valence-corrected chi connectivity index (χ2v) is 10.6. The normalized spacial score (nSPS) is 20.9. The van der Waals surface area contributed by atoms with Gasteiger partial charge in [-0.15, -0.1) is 0 Å². The van der Waals surface area contributed by atoms with Crippen molar-refractivity contribution in [2.75, 3.05) is 38.1 Å². The highest BCUT2D eigenvalue weighted by atomic mass is 35.5. The smallest absolute Gasteiger partial charge is 0.248 e. The first-order valence-corrected chi connectivity index (χ1v) is 13.1.